The highest BCUT2D eigenvalue weighted by Crippen LogP contribution is 2.32. The van der Waals surface area contributed by atoms with Gasteiger partial charge in [0.05, 0.1) is 4.91 Å². The predicted molar refractivity (Wildman–Crippen MR) is 129 cm³/mol. The van der Waals surface area contributed by atoms with Crippen LogP contribution >= 0.6 is 24.0 Å². The fraction of sp³-hybridized carbons (Fsp3) is 0.174. The summed E-state index contributed by atoms with van der Waals surface area (Å²) in [5.41, 5.74) is 7.11. The average molecular weight is 467 g/mol. The SMILES string of the molecule is CC(/C=C1\SC(=S)N(CCCC(=O)NNC(=O)c2ccncc2)C1=O)=C\c1ccccc1. The number of hydrazine groups is 1. The van der Waals surface area contributed by atoms with Gasteiger partial charge in [-0.05, 0) is 42.7 Å². The number of allylic oxidation sites excluding steroid dienone is 2. The molecule has 0 bridgehead atoms. The summed E-state index contributed by atoms with van der Waals surface area (Å²) in [5.74, 6) is -0.941. The quantitative estimate of drug-likeness (QED) is 0.369. The zero-order valence-electron chi connectivity index (χ0n) is 17.4. The lowest BCUT2D eigenvalue weighted by molar-refractivity contribution is -0.124. The summed E-state index contributed by atoms with van der Waals surface area (Å²) in [4.78, 5) is 42.5. The third kappa shape index (κ3) is 6.60. The van der Waals surface area contributed by atoms with Gasteiger partial charge in [0.25, 0.3) is 11.8 Å². The van der Waals surface area contributed by atoms with E-state index in [9.17, 15) is 14.4 Å². The van der Waals surface area contributed by atoms with Crippen LogP contribution in [0.25, 0.3) is 6.08 Å². The highest BCUT2D eigenvalue weighted by Gasteiger charge is 2.31. The van der Waals surface area contributed by atoms with Crippen molar-refractivity contribution in [1.29, 1.82) is 0 Å². The summed E-state index contributed by atoms with van der Waals surface area (Å²) in [6.45, 7) is 2.26. The van der Waals surface area contributed by atoms with Gasteiger partial charge in [-0.15, -0.1) is 0 Å². The first-order valence-electron chi connectivity index (χ1n) is 9.92. The van der Waals surface area contributed by atoms with E-state index in [2.05, 4.69) is 15.8 Å². The molecule has 1 aliphatic heterocycles. The van der Waals surface area contributed by atoms with Crippen molar-refractivity contribution in [3.63, 3.8) is 0 Å². The van der Waals surface area contributed by atoms with Crippen LogP contribution in [-0.4, -0.2) is 38.5 Å². The molecular formula is C23H22N4O3S2. The number of thiocarbonyl (C=S) groups is 1. The second-order valence-corrected chi connectivity index (χ2v) is 8.65. The third-order valence-electron chi connectivity index (χ3n) is 4.47. The molecule has 9 heteroatoms. The van der Waals surface area contributed by atoms with Gasteiger partial charge < -0.3 is 0 Å². The van der Waals surface area contributed by atoms with Gasteiger partial charge in [0.1, 0.15) is 4.32 Å². The van der Waals surface area contributed by atoms with Gasteiger partial charge in [-0.1, -0.05) is 60.4 Å². The molecule has 0 spiro atoms. The number of benzene rings is 1. The molecule has 1 saturated heterocycles. The first-order valence-corrected chi connectivity index (χ1v) is 11.1. The third-order valence-corrected chi connectivity index (χ3v) is 5.85. The molecule has 2 heterocycles. The van der Waals surface area contributed by atoms with Gasteiger partial charge in [-0.25, -0.2) is 0 Å². The number of hydrogen-bond acceptors (Lipinski definition) is 6. The van der Waals surface area contributed by atoms with E-state index in [1.807, 2.05) is 49.4 Å². The topological polar surface area (TPSA) is 91.4 Å². The number of carbonyl (C=O) groups excluding carboxylic acids is 3. The van der Waals surface area contributed by atoms with Gasteiger partial charge in [0.2, 0.25) is 5.91 Å². The van der Waals surface area contributed by atoms with Gasteiger partial charge in [-0.2, -0.15) is 0 Å². The Morgan fingerprint density at radius 3 is 2.56 bits per heavy atom. The Morgan fingerprint density at radius 2 is 1.84 bits per heavy atom. The molecule has 0 unspecified atom stereocenters. The lowest BCUT2D eigenvalue weighted by Gasteiger charge is -2.14. The smallest absolute Gasteiger partial charge is 0.269 e. The molecule has 7 nitrogen and oxygen atoms in total. The van der Waals surface area contributed by atoms with Crippen LogP contribution in [0.4, 0.5) is 0 Å². The van der Waals surface area contributed by atoms with Crippen molar-refractivity contribution in [3.05, 3.63) is 82.5 Å². The minimum Gasteiger partial charge on any atom is -0.293 e. The Balaban J connectivity index is 1.46. The zero-order chi connectivity index (χ0) is 22.9. The monoisotopic (exact) mass is 466 g/mol. The van der Waals surface area contributed by atoms with E-state index in [0.29, 0.717) is 27.8 Å². The van der Waals surface area contributed by atoms with Crippen molar-refractivity contribution in [2.24, 2.45) is 0 Å². The second-order valence-electron chi connectivity index (χ2n) is 6.97. The molecule has 0 radical (unpaired) electrons. The number of carbonyl (C=O) groups is 3. The summed E-state index contributed by atoms with van der Waals surface area (Å²) >= 11 is 6.60. The van der Waals surface area contributed by atoms with Crippen molar-refractivity contribution in [3.8, 4) is 0 Å². The number of hydrogen-bond donors (Lipinski definition) is 2. The highest BCUT2D eigenvalue weighted by atomic mass is 32.2. The fourth-order valence-electron chi connectivity index (χ4n) is 2.92. The molecule has 1 aromatic carbocycles. The molecule has 164 valence electrons. The lowest BCUT2D eigenvalue weighted by atomic mass is 10.1. The first kappa shape index (κ1) is 23.4. The number of amides is 3. The molecule has 2 aromatic rings. The molecule has 3 amide bonds. The molecule has 3 rings (SSSR count). The maximum atomic E-state index is 12.7. The number of pyridine rings is 1. The largest absolute Gasteiger partial charge is 0.293 e. The van der Waals surface area contributed by atoms with E-state index < -0.39 is 5.91 Å². The second kappa shape index (κ2) is 11.4. The summed E-state index contributed by atoms with van der Waals surface area (Å²) in [7, 11) is 0. The van der Waals surface area contributed by atoms with Crippen LogP contribution in [0.1, 0.15) is 35.7 Å². The van der Waals surface area contributed by atoms with Crippen molar-refractivity contribution in [2.75, 3.05) is 6.54 Å². The van der Waals surface area contributed by atoms with Crippen LogP contribution in [-0.2, 0) is 9.59 Å². The standard InChI is InChI=1S/C23H22N4O3S2/c1-16(14-17-6-3-2-4-7-17)15-19-22(30)27(23(31)32-19)13-5-8-20(28)25-26-21(29)18-9-11-24-12-10-18/h2-4,6-7,9-12,14-15H,5,8,13H2,1H3,(H,25,28)(H,26,29)/b16-14+,19-15-. The average Bonchev–Trinajstić information content (AvgIpc) is 3.05. The molecule has 2 N–H and O–H groups in total. The van der Waals surface area contributed by atoms with Crippen LogP contribution in [0.2, 0.25) is 0 Å². The minimum absolute atomic E-state index is 0.139. The molecule has 0 atom stereocenters. The molecular weight excluding hydrogens is 444 g/mol. The van der Waals surface area contributed by atoms with Crippen LogP contribution < -0.4 is 10.9 Å². The minimum atomic E-state index is -0.429. The van der Waals surface area contributed by atoms with E-state index in [-0.39, 0.29) is 18.2 Å². The van der Waals surface area contributed by atoms with E-state index in [4.69, 9.17) is 12.2 Å². The Morgan fingerprint density at radius 1 is 1.12 bits per heavy atom. The van der Waals surface area contributed by atoms with Gasteiger partial charge >= 0.3 is 0 Å². The highest BCUT2D eigenvalue weighted by molar-refractivity contribution is 8.26. The normalized spacial score (nSPS) is 15.2. The van der Waals surface area contributed by atoms with E-state index in [1.165, 1.54) is 29.1 Å². The maximum Gasteiger partial charge on any atom is 0.269 e. The molecule has 1 fully saturated rings. The summed E-state index contributed by atoms with van der Waals surface area (Å²) in [6, 6.07) is 12.9. The number of thioether (sulfide) groups is 1. The number of rotatable bonds is 7. The Kier molecular flexibility index (Phi) is 8.29. The molecule has 1 aromatic heterocycles. The predicted octanol–water partition coefficient (Wildman–Crippen LogP) is 3.47. The summed E-state index contributed by atoms with van der Waals surface area (Å²) in [5, 5.41) is 0. The number of aromatic nitrogens is 1. The Hall–Kier alpha value is -3.30. The first-order chi connectivity index (χ1) is 15.4. The van der Waals surface area contributed by atoms with Gasteiger partial charge in [0.15, 0.2) is 0 Å². The van der Waals surface area contributed by atoms with Crippen molar-refractivity contribution in [1.82, 2.24) is 20.7 Å². The zero-order valence-corrected chi connectivity index (χ0v) is 19.0. The van der Waals surface area contributed by atoms with Gasteiger partial charge in [-0.3, -0.25) is 35.1 Å². The van der Waals surface area contributed by atoms with E-state index in [1.54, 1.807) is 12.1 Å². The lowest BCUT2D eigenvalue weighted by Crippen LogP contribution is -2.41. The van der Waals surface area contributed by atoms with Crippen LogP contribution in [0.5, 0.6) is 0 Å². The van der Waals surface area contributed by atoms with Crippen molar-refractivity contribution < 1.29 is 14.4 Å². The molecule has 1 aliphatic rings. The van der Waals surface area contributed by atoms with Crippen molar-refractivity contribution in [2.45, 2.75) is 19.8 Å². The molecule has 0 saturated carbocycles. The number of nitrogens with zero attached hydrogens (tertiary/aromatic N) is 2. The summed E-state index contributed by atoms with van der Waals surface area (Å²) < 4.78 is 0.472. The number of nitrogens with one attached hydrogen (secondary N) is 2. The van der Waals surface area contributed by atoms with Crippen LogP contribution in [0.15, 0.2) is 71.4 Å². The van der Waals surface area contributed by atoms with Crippen molar-refractivity contribution >= 4 is 52.1 Å². The van der Waals surface area contributed by atoms with E-state index in [0.717, 1.165) is 11.1 Å². The van der Waals surface area contributed by atoms with Crippen LogP contribution in [0, 0.1) is 0 Å². The van der Waals surface area contributed by atoms with Gasteiger partial charge in [0, 0.05) is 30.9 Å². The Labute approximate surface area is 195 Å². The fourth-order valence-corrected chi connectivity index (χ4v) is 4.27. The Bertz CT molecular complexity index is 1070. The van der Waals surface area contributed by atoms with Crippen LogP contribution in [0.3, 0.4) is 0 Å². The molecule has 0 aliphatic carbocycles. The summed E-state index contributed by atoms with van der Waals surface area (Å²) in [6.07, 6.45) is 7.36. The maximum absolute atomic E-state index is 12.7. The van der Waals surface area contributed by atoms with E-state index >= 15 is 0 Å². The molecule has 32 heavy (non-hydrogen) atoms.